The molecule has 0 aliphatic rings. The number of methoxy groups -OCH3 is 1. The molecule has 18 heavy (non-hydrogen) atoms. The molecule has 1 N–H and O–H groups in total. The van der Waals surface area contributed by atoms with E-state index in [-0.39, 0.29) is 12.3 Å². The van der Waals surface area contributed by atoms with Gasteiger partial charge in [-0.1, -0.05) is 11.6 Å². The van der Waals surface area contributed by atoms with Gasteiger partial charge in [0, 0.05) is 6.07 Å². The van der Waals surface area contributed by atoms with Gasteiger partial charge in [0.25, 0.3) is 0 Å². The molecule has 1 aromatic rings. The number of esters is 1. The molecule has 0 amide bonds. The van der Waals surface area contributed by atoms with Crippen molar-refractivity contribution in [3.63, 3.8) is 0 Å². The van der Waals surface area contributed by atoms with Crippen LogP contribution in [0.25, 0.3) is 0 Å². The summed E-state index contributed by atoms with van der Waals surface area (Å²) in [5, 5.41) is 3.10. The SMILES string of the molecule is CCOC(=O)C(Cl)=NNc1ccc(OC)cc1F. The second-order valence-electron chi connectivity index (χ2n) is 3.08. The fourth-order valence-corrected chi connectivity index (χ4v) is 1.16. The molecule has 1 aromatic carbocycles. The van der Waals surface area contributed by atoms with Gasteiger partial charge in [-0.25, -0.2) is 9.18 Å². The summed E-state index contributed by atoms with van der Waals surface area (Å²) in [4.78, 5) is 11.1. The van der Waals surface area contributed by atoms with E-state index in [4.69, 9.17) is 16.3 Å². The Balaban J connectivity index is 2.73. The highest BCUT2D eigenvalue weighted by molar-refractivity contribution is 6.82. The van der Waals surface area contributed by atoms with Crippen molar-refractivity contribution < 1.29 is 18.7 Å². The van der Waals surface area contributed by atoms with E-state index in [1.807, 2.05) is 0 Å². The summed E-state index contributed by atoms with van der Waals surface area (Å²) in [5.41, 5.74) is 2.40. The molecule has 0 radical (unpaired) electrons. The highest BCUT2D eigenvalue weighted by Gasteiger charge is 2.10. The van der Waals surface area contributed by atoms with Crippen LogP contribution in [-0.4, -0.2) is 24.9 Å². The normalized spacial score (nSPS) is 11.0. The number of carbonyl (C=O) groups is 1. The van der Waals surface area contributed by atoms with E-state index in [1.165, 1.54) is 19.2 Å². The van der Waals surface area contributed by atoms with Crippen LogP contribution in [-0.2, 0) is 9.53 Å². The maximum Gasteiger partial charge on any atom is 0.370 e. The van der Waals surface area contributed by atoms with Crippen LogP contribution >= 0.6 is 11.6 Å². The molecule has 0 heterocycles. The average molecular weight is 275 g/mol. The number of hydrogen-bond acceptors (Lipinski definition) is 5. The molecule has 0 fully saturated rings. The molecule has 0 aromatic heterocycles. The predicted octanol–water partition coefficient (Wildman–Crippen LogP) is 2.36. The molecule has 1 rings (SSSR count). The summed E-state index contributed by atoms with van der Waals surface area (Å²) in [6, 6.07) is 4.13. The molecule has 0 spiro atoms. The van der Waals surface area contributed by atoms with Crippen molar-refractivity contribution in [2.75, 3.05) is 19.1 Å². The Morgan fingerprint density at radius 1 is 1.56 bits per heavy atom. The lowest BCUT2D eigenvalue weighted by molar-refractivity contribution is -0.134. The molecule has 0 saturated carbocycles. The summed E-state index contributed by atoms with van der Waals surface area (Å²) < 4.78 is 22.9. The van der Waals surface area contributed by atoms with Crippen LogP contribution in [0.15, 0.2) is 23.3 Å². The first kappa shape index (κ1) is 14.2. The minimum atomic E-state index is -0.777. The minimum Gasteiger partial charge on any atom is -0.497 e. The van der Waals surface area contributed by atoms with Gasteiger partial charge in [0.2, 0.25) is 5.17 Å². The van der Waals surface area contributed by atoms with Gasteiger partial charge in [-0.2, -0.15) is 5.10 Å². The number of hydrogen-bond donors (Lipinski definition) is 1. The number of hydrazone groups is 1. The Bertz CT molecular complexity index is 466. The topological polar surface area (TPSA) is 59.9 Å². The lowest BCUT2D eigenvalue weighted by atomic mass is 10.3. The smallest absolute Gasteiger partial charge is 0.370 e. The van der Waals surface area contributed by atoms with E-state index < -0.39 is 17.0 Å². The predicted molar refractivity (Wildman–Crippen MR) is 66.5 cm³/mol. The van der Waals surface area contributed by atoms with Crippen molar-refractivity contribution in [3.8, 4) is 5.75 Å². The Morgan fingerprint density at radius 3 is 2.83 bits per heavy atom. The number of nitrogens with one attached hydrogen (secondary N) is 1. The fourth-order valence-electron chi connectivity index (χ4n) is 1.06. The molecule has 0 aliphatic heterocycles. The zero-order valence-electron chi connectivity index (χ0n) is 9.87. The zero-order valence-corrected chi connectivity index (χ0v) is 10.6. The number of nitrogens with zero attached hydrogens (tertiary/aromatic N) is 1. The van der Waals surface area contributed by atoms with Crippen molar-refractivity contribution in [1.82, 2.24) is 0 Å². The molecule has 0 aliphatic carbocycles. The van der Waals surface area contributed by atoms with E-state index >= 15 is 0 Å². The van der Waals surface area contributed by atoms with Crippen molar-refractivity contribution in [3.05, 3.63) is 24.0 Å². The molecule has 0 bridgehead atoms. The van der Waals surface area contributed by atoms with Gasteiger partial charge >= 0.3 is 5.97 Å². The monoisotopic (exact) mass is 274 g/mol. The standard InChI is InChI=1S/C11H12ClFN2O3/c1-3-18-11(16)10(12)15-14-9-5-4-7(17-2)6-8(9)13/h4-6,14H,3H2,1-2H3. The maximum absolute atomic E-state index is 13.5. The molecule has 0 atom stereocenters. The minimum absolute atomic E-state index is 0.0678. The van der Waals surface area contributed by atoms with Gasteiger partial charge in [0.05, 0.1) is 19.4 Å². The zero-order chi connectivity index (χ0) is 13.5. The number of carbonyl (C=O) groups excluding carboxylic acids is 1. The van der Waals surface area contributed by atoms with Crippen LogP contribution < -0.4 is 10.2 Å². The Labute approximate surface area is 109 Å². The third-order valence-corrected chi connectivity index (χ3v) is 2.13. The Morgan fingerprint density at radius 2 is 2.28 bits per heavy atom. The van der Waals surface area contributed by atoms with Gasteiger partial charge in [-0.3, -0.25) is 5.43 Å². The van der Waals surface area contributed by atoms with Crippen LogP contribution in [0, 0.1) is 5.82 Å². The second kappa shape index (κ2) is 6.80. The van der Waals surface area contributed by atoms with Crippen LogP contribution in [0.2, 0.25) is 0 Å². The molecule has 0 unspecified atom stereocenters. The number of ether oxygens (including phenoxy) is 2. The number of benzene rings is 1. The van der Waals surface area contributed by atoms with Crippen LogP contribution in [0.3, 0.4) is 0 Å². The number of halogens is 2. The largest absolute Gasteiger partial charge is 0.497 e. The van der Waals surface area contributed by atoms with Crippen LogP contribution in [0.5, 0.6) is 5.75 Å². The summed E-state index contributed by atoms with van der Waals surface area (Å²) in [6.45, 7) is 1.82. The first-order valence-electron chi connectivity index (χ1n) is 5.08. The van der Waals surface area contributed by atoms with Crippen molar-refractivity contribution >= 4 is 28.4 Å². The number of rotatable bonds is 5. The van der Waals surface area contributed by atoms with Gasteiger partial charge in [-0.15, -0.1) is 0 Å². The second-order valence-corrected chi connectivity index (χ2v) is 3.44. The average Bonchev–Trinajstić information content (AvgIpc) is 2.37. The van der Waals surface area contributed by atoms with E-state index in [2.05, 4.69) is 15.3 Å². The van der Waals surface area contributed by atoms with E-state index in [1.54, 1.807) is 13.0 Å². The molecule has 0 saturated heterocycles. The highest BCUT2D eigenvalue weighted by atomic mass is 35.5. The third-order valence-electron chi connectivity index (χ3n) is 1.89. The Hall–Kier alpha value is -1.82. The molecular formula is C11H12ClFN2O3. The Kier molecular flexibility index (Phi) is 5.38. The summed E-state index contributed by atoms with van der Waals surface area (Å²) in [5.74, 6) is -0.981. The van der Waals surface area contributed by atoms with E-state index in [0.717, 1.165) is 0 Å². The first-order valence-corrected chi connectivity index (χ1v) is 5.46. The summed E-state index contributed by atoms with van der Waals surface area (Å²) in [6.07, 6.45) is 0. The quantitative estimate of drug-likeness (QED) is 0.509. The first-order chi connectivity index (χ1) is 8.58. The van der Waals surface area contributed by atoms with E-state index in [0.29, 0.717) is 5.75 Å². The van der Waals surface area contributed by atoms with Crippen molar-refractivity contribution in [1.29, 1.82) is 0 Å². The van der Waals surface area contributed by atoms with Gasteiger partial charge in [-0.05, 0) is 19.1 Å². The van der Waals surface area contributed by atoms with Gasteiger partial charge in [0.15, 0.2) is 5.82 Å². The molecular weight excluding hydrogens is 263 g/mol. The molecule has 5 nitrogen and oxygen atoms in total. The highest BCUT2D eigenvalue weighted by Crippen LogP contribution is 2.20. The summed E-state index contributed by atoms with van der Waals surface area (Å²) >= 11 is 5.54. The van der Waals surface area contributed by atoms with Crippen LogP contribution in [0.4, 0.5) is 10.1 Å². The van der Waals surface area contributed by atoms with Gasteiger partial charge in [0.1, 0.15) is 5.75 Å². The van der Waals surface area contributed by atoms with Crippen molar-refractivity contribution in [2.45, 2.75) is 6.92 Å². The lowest BCUT2D eigenvalue weighted by Gasteiger charge is -2.05. The van der Waals surface area contributed by atoms with E-state index in [9.17, 15) is 9.18 Å². The summed E-state index contributed by atoms with van der Waals surface area (Å²) in [7, 11) is 1.43. The molecule has 98 valence electrons. The molecule has 7 heteroatoms. The lowest BCUT2D eigenvalue weighted by Crippen LogP contribution is -2.13. The maximum atomic E-state index is 13.5. The van der Waals surface area contributed by atoms with Crippen molar-refractivity contribution in [2.24, 2.45) is 5.10 Å². The third kappa shape index (κ3) is 3.89. The fraction of sp³-hybridized carbons (Fsp3) is 0.273. The van der Waals surface area contributed by atoms with Gasteiger partial charge < -0.3 is 9.47 Å². The number of anilines is 1. The van der Waals surface area contributed by atoms with Crippen LogP contribution in [0.1, 0.15) is 6.92 Å².